The lowest BCUT2D eigenvalue weighted by Gasteiger charge is -2.36. The quantitative estimate of drug-likeness (QED) is 0.198. The van der Waals surface area contributed by atoms with E-state index in [9.17, 15) is 13.9 Å². The van der Waals surface area contributed by atoms with E-state index in [4.69, 9.17) is 27.9 Å². The van der Waals surface area contributed by atoms with Gasteiger partial charge in [0, 0.05) is 43.4 Å². The fraction of sp³-hybridized carbons (Fsp3) is 0.542. The van der Waals surface area contributed by atoms with Crippen molar-refractivity contribution in [2.24, 2.45) is 17.5 Å². The van der Waals surface area contributed by atoms with E-state index in [1.807, 2.05) is 13.8 Å². The van der Waals surface area contributed by atoms with E-state index in [1.54, 1.807) is 29.3 Å². The topological polar surface area (TPSA) is 97.6 Å². The Morgan fingerprint density at radius 3 is 2.55 bits per heavy atom. The van der Waals surface area contributed by atoms with Gasteiger partial charge in [0.05, 0.1) is 5.60 Å². The van der Waals surface area contributed by atoms with Crippen LogP contribution in [0.3, 0.4) is 0 Å². The first-order valence-electron chi connectivity index (χ1n) is 11.3. The van der Waals surface area contributed by atoms with Crippen molar-refractivity contribution in [1.29, 1.82) is 0 Å². The molecule has 0 amide bonds. The summed E-state index contributed by atoms with van der Waals surface area (Å²) in [5.74, 6) is 4.12. The third kappa shape index (κ3) is 8.07. The van der Waals surface area contributed by atoms with Crippen LogP contribution in [0.15, 0.2) is 53.5 Å². The SMILES string of the molecule is C=C(N)/C(Cl)=C(\C=C/CN(N)CC1CC1)Oc1ncccc1C1(O)CCC(F)(F)CC1.CC. The maximum Gasteiger partial charge on any atom is 0.248 e. The van der Waals surface area contributed by atoms with Crippen molar-refractivity contribution in [2.75, 3.05) is 13.1 Å². The zero-order chi connectivity index (χ0) is 24.6. The van der Waals surface area contributed by atoms with Gasteiger partial charge in [-0.2, -0.15) is 0 Å². The molecule has 184 valence electrons. The van der Waals surface area contributed by atoms with E-state index in [0.717, 1.165) is 6.54 Å². The third-order valence-electron chi connectivity index (χ3n) is 5.58. The maximum atomic E-state index is 13.6. The van der Waals surface area contributed by atoms with Crippen molar-refractivity contribution in [3.05, 3.63) is 59.1 Å². The second-order valence-electron chi connectivity index (χ2n) is 8.35. The molecular weight excluding hydrogens is 450 g/mol. The van der Waals surface area contributed by atoms with Gasteiger partial charge < -0.3 is 15.6 Å². The molecule has 1 aromatic rings. The Labute approximate surface area is 199 Å². The molecule has 3 rings (SSSR count). The van der Waals surface area contributed by atoms with Crippen molar-refractivity contribution < 1.29 is 18.6 Å². The Morgan fingerprint density at radius 1 is 1.33 bits per heavy atom. The number of rotatable bonds is 9. The minimum atomic E-state index is -2.78. The average Bonchev–Trinajstić information content (AvgIpc) is 3.60. The van der Waals surface area contributed by atoms with E-state index in [2.05, 4.69) is 11.6 Å². The average molecular weight is 485 g/mol. The Balaban J connectivity index is 0.00000187. The smallest absolute Gasteiger partial charge is 0.248 e. The van der Waals surface area contributed by atoms with Gasteiger partial charge in [-0.25, -0.2) is 18.8 Å². The summed E-state index contributed by atoms with van der Waals surface area (Å²) in [4.78, 5) is 4.21. The largest absolute Gasteiger partial charge is 0.437 e. The van der Waals surface area contributed by atoms with Crippen LogP contribution in [0.4, 0.5) is 8.78 Å². The molecule has 0 spiro atoms. The summed E-state index contributed by atoms with van der Waals surface area (Å²) < 4.78 is 33.2. The van der Waals surface area contributed by atoms with Gasteiger partial charge in [0.2, 0.25) is 11.8 Å². The van der Waals surface area contributed by atoms with Crippen LogP contribution in [0.5, 0.6) is 5.88 Å². The van der Waals surface area contributed by atoms with E-state index in [-0.39, 0.29) is 35.2 Å². The number of hydrogen-bond acceptors (Lipinski definition) is 6. The molecule has 33 heavy (non-hydrogen) atoms. The number of hydrazine groups is 1. The molecule has 1 aromatic heterocycles. The highest BCUT2D eigenvalue weighted by Gasteiger charge is 2.44. The number of nitrogens with two attached hydrogens (primary N) is 2. The minimum absolute atomic E-state index is 0.0804. The molecule has 2 aliphatic rings. The van der Waals surface area contributed by atoms with Gasteiger partial charge in [-0.1, -0.05) is 38.1 Å². The van der Waals surface area contributed by atoms with E-state index in [1.165, 1.54) is 19.0 Å². The van der Waals surface area contributed by atoms with Gasteiger partial charge >= 0.3 is 0 Å². The van der Waals surface area contributed by atoms with Crippen LogP contribution in [0.1, 0.15) is 57.9 Å². The predicted molar refractivity (Wildman–Crippen MR) is 127 cm³/mol. The summed E-state index contributed by atoms with van der Waals surface area (Å²) in [5.41, 5.74) is 4.70. The van der Waals surface area contributed by atoms with E-state index in [0.29, 0.717) is 18.0 Å². The summed E-state index contributed by atoms with van der Waals surface area (Å²) in [6.45, 7) is 8.92. The van der Waals surface area contributed by atoms with Crippen LogP contribution in [0, 0.1) is 5.92 Å². The van der Waals surface area contributed by atoms with Crippen LogP contribution in [0.2, 0.25) is 0 Å². The first-order valence-corrected chi connectivity index (χ1v) is 11.7. The van der Waals surface area contributed by atoms with Crippen molar-refractivity contribution >= 4 is 11.6 Å². The molecule has 9 heteroatoms. The molecular formula is C24H35ClF2N4O2. The number of aromatic nitrogens is 1. The van der Waals surface area contributed by atoms with Gasteiger partial charge in [-0.3, -0.25) is 5.84 Å². The summed E-state index contributed by atoms with van der Waals surface area (Å²) in [7, 11) is 0. The molecule has 0 atom stereocenters. The fourth-order valence-electron chi connectivity index (χ4n) is 3.54. The van der Waals surface area contributed by atoms with E-state index < -0.39 is 24.4 Å². The zero-order valence-corrected chi connectivity index (χ0v) is 20.1. The number of nitrogens with zero attached hydrogens (tertiary/aromatic N) is 2. The van der Waals surface area contributed by atoms with Crippen molar-refractivity contribution in [3.8, 4) is 5.88 Å². The molecule has 0 aromatic carbocycles. The summed E-state index contributed by atoms with van der Waals surface area (Å²) in [6, 6.07) is 3.25. The predicted octanol–water partition coefficient (Wildman–Crippen LogP) is 4.95. The van der Waals surface area contributed by atoms with E-state index >= 15 is 0 Å². The molecule has 0 unspecified atom stereocenters. The molecule has 0 saturated heterocycles. The highest BCUT2D eigenvalue weighted by atomic mass is 35.5. The molecule has 6 nitrogen and oxygen atoms in total. The zero-order valence-electron chi connectivity index (χ0n) is 19.4. The number of ether oxygens (including phenoxy) is 1. The Bertz CT molecular complexity index is 862. The summed E-state index contributed by atoms with van der Waals surface area (Å²) in [6.07, 6.45) is 6.26. The van der Waals surface area contributed by atoms with Gasteiger partial charge in [0.25, 0.3) is 0 Å². The maximum absolute atomic E-state index is 13.6. The molecule has 5 N–H and O–H groups in total. The number of alkyl halides is 2. The van der Waals surface area contributed by atoms with Crippen LogP contribution in [0.25, 0.3) is 0 Å². The van der Waals surface area contributed by atoms with Crippen molar-refractivity contribution in [2.45, 2.75) is 63.9 Å². The number of pyridine rings is 1. The number of allylic oxidation sites excluding steroid dienone is 2. The molecule has 1 heterocycles. The van der Waals surface area contributed by atoms with Gasteiger partial charge in [0.1, 0.15) is 10.8 Å². The molecule has 2 saturated carbocycles. The fourth-order valence-corrected chi connectivity index (χ4v) is 3.64. The van der Waals surface area contributed by atoms with Gasteiger partial charge in [0.15, 0.2) is 0 Å². The van der Waals surface area contributed by atoms with Crippen molar-refractivity contribution in [3.63, 3.8) is 0 Å². The van der Waals surface area contributed by atoms with Crippen LogP contribution < -0.4 is 16.3 Å². The second kappa shape index (κ2) is 11.9. The minimum Gasteiger partial charge on any atom is -0.437 e. The van der Waals surface area contributed by atoms with Crippen molar-refractivity contribution in [1.82, 2.24) is 9.99 Å². The Hall–Kier alpha value is -2.00. The lowest BCUT2D eigenvalue weighted by Crippen LogP contribution is -2.36. The molecule has 2 fully saturated rings. The normalized spacial score (nSPS) is 20.1. The lowest BCUT2D eigenvalue weighted by atomic mass is 9.78. The second-order valence-corrected chi connectivity index (χ2v) is 8.73. The van der Waals surface area contributed by atoms with Gasteiger partial charge in [-0.05, 0) is 49.8 Å². The number of aliphatic hydroxyl groups is 1. The van der Waals surface area contributed by atoms with Crippen LogP contribution in [-0.2, 0) is 5.60 Å². The molecule has 0 bridgehead atoms. The summed E-state index contributed by atoms with van der Waals surface area (Å²) in [5, 5.41) is 12.9. The summed E-state index contributed by atoms with van der Waals surface area (Å²) >= 11 is 6.30. The molecule has 2 aliphatic carbocycles. The first-order chi connectivity index (χ1) is 15.6. The highest BCUT2D eigenvalue weighted by Crippen LogP contribution is 2.46. The Morgan fingerprint density at radius 2 is 1.97 bits per heavy atom. The number of halogens is 3. The van der Waals surface area contributed by atoms with Gasteiger partial charge in [-0.15, -0.1) is 0 Å². The first kappa shape index (κ1) is 27.2. The number of hydrogen-bond donors (Lipinski definition) is 3. The lowest BCUT2D eigenvalue weighted by molar-refractivity contribution is -0.107. The third-order valence-corrected chi connectivity index (χ3v) is 6.01. The Kier molecular flexibility index (Phi) is 9.84. The van der Waals surface area contributed by atoms with Crippen LogP contribution >= 0.6 is 11.6 Å². The highest BCUT2D eigenvalue weighted by molar-refractivity contribution is 6.32. The standard InChI is InChI=1S/C22H29ClF2N4O2.C2H6/c1-15(26)19(23)18(5-3-13-29(27)14-16-6-7-16)31-20-17(4-2-12-28-20)21(30)8-10-22(24,25)11-9-21;1-2/h2-5,12,16,30H,1,6-11,13-14,26-27H2;1-2H3/b5-3-,19-18-;. The molecule has 0 radical (unpaired) electrons. The monoisotopic (exact) mass is 484 g/mol. The molecule has 0 aliphatic heterocycles. The van der Waals surface area contributed by atoms with Crippen LogP contribution in [-0.4, -0.2) is 34.1 Å².